The summed E-state index contributed by atoms with van der Waals surface area (Å²) in [4.78, 5) is 30.6. The van der Waals surface area contributed by atoms with Gasteiger partial charge in [-0.2, -0.15) is 0 Å². The summed E-state index contributed by atoms with van der Waals surface area (Å²) in [5.74, 6) is 0.0793. The molecule has 4 aromatic rings. The van der Waals surface area contributed by atoms with Crippen LogP contribution in [-0.4, -0.2) is 42.3 Å². The quantitative estimate of drug-likeness (QED) is 0.452. The fourth-order valence-corrected chi connectivity index (χ4v) is 4.49. The normalized spacial score (nSPS) is 11.7. The molecule has 3 aromatic carbocycles. The lowest BCUT2D eigenvalue weighted by atomic mass is 10.2. The van der Waals surface area contributed by atoms with E-state index in [4.69, 9.17) is 11.6 Å². The maximum Gasteiger partial charge on any atom is 0.266 e. The minimum absolute atomic E-state index is 0.0870. The van der Waals surface area contributed by atoms with Crippen LogP contribution in [0.3, 0.4) is 0 Å². The number of hydrogen-bond donors (Lipinski definition) is 1. The van der Waals surface area contributed by atoms with E-state index in [0.717, 1.165) is 4.31 Å². The summed E-state index contributed by atoms with van der Waals surface area (Å²) in [5, 5.41) is 3.64. The molecule has 0 aliphatic carbocycles. The lowest BCUT2D eigenvalue weighted by Gasteiger charge is -2.13. The van der Waals surface area contributed by atoms with Crippen LogP contribution in [0.1, 0.15) is 16.2 Å². The molecule has 1 heterocycles. The zero-order valence-corrected chi connectivity index (χ0v) is 20.2. The van der Waals surface area contributed by atoms with E-state index >= 15 is 0 Å². The first-order valence-electron chi connectivity index (χ1n) is 10.2. The highest BCUT2D eigenvalue weighted by Gasteiger charge is 2.18. The van der Waals surface area contributed by atoms with Gasteiger partial charge in [-0.3, -0.25) is 14.2 Å². The number of halogens is 1. The third-order valence-corrected chi connectivity index (χ3v) is 7.35. The SMILES string of the molecule is Cc1nc2ccc(NC(=O)c3ccc(S(=O)(=O)N(C)C)cc3)cc2c(=O)n1-c1ccc(Cl)cc1. The van der Waals surface area contributed by atoms with Crippen molar-refractivity contribution in [3.63, 3.8) is 0 Å². The Bertz CT molecular complexity index is 1560. The van der Waals surface area contributed by atoms with Crippen molar-refractivity contribution in [1.82, 2.24) is 13.9 Å². The summed E-state index contributed by atoms with van der Waals surface area (Å²) >= 11 is 5.96. The molecule has 10 heteroatoms. The van der Waals surface area contributed by atoms with Crippen LogP contribution in [0.4, 0.5) is 5.69 Å². The Hall–Kier alpha value is -3.53. The van der Waals surface area contributed by atoms with Gasteiger partial charge in [-0.25, -0.2) is 17.7 Å². The molecule has 174 valence electrons. The van der Waals surface area contributed by atoms with Gasteiger partial charge in [-0.05, 0) is 73.7 Å². The Morgan fingerprint density at radius 1 is 1.00 bits per heavy atom. The minimum atomic E-state index is -3.59. The van der Waals surface area contributed by atoms with Crippen molar-refractivity contribution in [3.05, 3.63) is 93.5 Å². The molecular weight excluding hydrogens is 476 g/mol. The molecule has 0 aliphatic rings. The van der Waals surface area contributed by atoms with Gasteiger partial charge in [0.25, 0.3) is 11.5 Å². The van der Waals surface area contributed by atoms with E-state index in [-0.39, 0.29) is 16.0 Å². The van der Waals surface area contributed by atoms with Crippen molar-refractivity contribution >= 4 is 44.1 Å². The van der Waals surface area contributed by atoms with Crippen LogP contribution >= 0.6 is 11.6 Å². The van der Waals surface area contributed by atoms with Gasteiger partial charge in [0.1, 0.15) is 5.82 Å². The molecule has 34 heavy (non-hydrogen) atoms. The molecule has 0 atom stereocenters. The number of nitrogens with one attached hydrogen (secondary N) is 1. The molecule has 0 unspecified atom stereocenters. The molecule has 0 radical (unpaired) electrons. The van der Waals surface area contributed by atoms with Crippen LogP contribution in [0, 0.1) is 6.92 Å². The van der Waals surface area contributed by atoms with Crippen LogP contribution in [0.15, 0.2) is 76.4 Å². The Labute approximate surface area is 201 Å². The molecule has 8 nitrogen and oxygen atoms in total. The van der Waals surface area contributed by atoms with E-state index in [1.54, 1.807) is 49.4 Å². The Morgan fingerprint density at radius 3 is 2.26 bits per heavy atom. The van der Waals surface area contributed by atoms with Crippen LogP contribution in [-0.2, 0) is 10.0 Å². The number of rotatable bonds is 5. The third kappa shape index (κ3) is 4.45. The highest BCUT2D eigenvalue weighted by atomic mass is 35.5. The lowest BCUT2D eigenvalue weighted by molar-refractivity contribution is 0.102. The van der Waals surface area contributed by atoms with Crippen LogP contribution < -0.4 is 10.9 Å². The number of aryl methyl sites for hydroxylation is 1. The summed E-state index contributed by atoms with van der Waals surface area (Å²) in [6, 6.07) is 17.4. The molecule has 0 saturated heterocycles. The zero-order valence-electron chi connectivity index (χ0n) is 18.6. The van der Waals surface area contributed by atoms with E-state index in [9.17, 15) is 18.0 Å². The van der Waals surface area contributed by atoms with E-state index in [1.165, 1.54) is 42.9 Å². The first-order valence-corrected chi connectivity index (χ1v) is 12.0. The summed E-state index contributed by atoms with van der Waals surface area (Å²) in [5.41, 5.74) is 1.54. The standard InChI is InChI=1S/C24H21ClN4O4S/c1-15-26-22-13-8-18(14-21(22)24(31)29(15)19-9-6-17(25)7-10-19)27-23(30)16-4-11-20(12-5-16)34(32,33)28(2)3/h4-14H,1-3H3,(H,27,30). The van der Waals surface area contributed by atoms with E-state index in [2.05, 4.69) is 10.3 Å². The minimum Gasteiger partial charge on any atom is -0.322 e. The van der Waals surface area contributed by atoms with Gasteiger partial charge in [0.2, 0.25) is 10.0 Å². The first kappa shape index (κ1) is 23.6. The Kier molecular flexibility index (Phi) is 6.26. The van der Waals surface area contributed by atoms with Gasteiger partial charge in [0, 0.05) is 30.4 Å². The number of aromatic nitrogens is 2. The summed E-state index contributed by atoms with van der Waals surface area (Å²) in [7, 11) is -0.715. The molecular formula is C24H21ClN4O4S. The predicted octanol–water partition coefficient (Wildman–Crippen LogP) is 3.85. The number of anilines is 1. The smallest absolute Gasteiger partial charge is 0.266 e. The van der Waals surface area contributed by atoms with E-state index < -0.39 is 15.9 Å². The average molecular weight is 497 g/mol. The summed E-state index contributed by atoms with van der Waals surface area (Å²) in [6.45, 7) is 1.74. The molecule has 1 amide bonds. The van der Waals surface area contributed by atoms with Crippen molar-refractivity contribution in [2.24, 2.45) is 0 Å². The maximum atomic E-state index is 13.2. The average Bonchev–Trinajstić information content (AvgIpc) is 2.80. The van der Waals surface area contributed by atoms with E-state index in [1.807, 2.05) is 0 Å². The molecule has 0 fully saturated rings. The Balaban J connectivity index is 1.66. The predicted molar refractivity (Wildman–Crippen MR) is 132 cm³/mol. The largest absolute Gasteiger partial charge is 0.322 e. The third-order valence-electron chi connectivity index (χ3n) is 5.27. The molecule has 0 bridgehead atoms. The number of nitrogens with zero attached hydrogens (tertiary/aromatic N) is 3. The van der Waals surface area contributed by atoms with Gasteiger partial charge in [0.15, 0.2) is 0 Å². The first-order chi connectivity index (χ1) is 16.1. The topological polar surface area (TPSA) is 101 Å². The van der Waals surface area contributed by atoms with Crippen LogP contribution in [0.5, 0.6) is 0 Å². The van der Waals surface area contributed by atoms with Crippen molar-refractivity contribution in [3.8, 4) is 5.69 Å². The number of hydrogen-bond acceptors (Lipinski definition) is 5. The van der Waals surface area contributed by atoms with Gasteiger partial charge < -0.3 is 5.32 Å². The second kappa shape index (κ2) is 9.02. The molecule has 0 saturated carbocycles. The van der Waals surface area contributed by atoms with Crippen molar-refractivity contribution in [1.29, 1.82) is 0 Å². The van der Waals surface area contributed by atoms with Crippen molar-refractivity contribution in [2.75, 3.05) is 19.4 Å². The number of sulfonamides is 1. The molecule has 4 rings (SSSR count). The van der Waals surface area contributed by atoms with Crippen molar-refractivity contribution in [2.45, 2.75) is 11.8 Å². The van der Waals surface area contributed by atoms with Gasteiger partial charge in [-0.1, -0.05) is 11.6 Å². The van der Waals surface area contributed by atoms with Crippen LogP contribution in [0.2, 0.25) is 5.02 Å². The lowest BCUT2D eigenvalue weighted by Crippen LogP contribution is -2.22. The van der Waals surface area contributed by atoms with Gasteiger partial charge in [-0.15, -0.1) is 0 Å². The van der Waals surface area contributed by atoms with Crippen LogP contribution in [0.25, 0.3) is 16.6 Å². The highest BCUT2D eigenvalue weighted by Crippen LogP contribution is 2.20. The summed E-state index contributed by atoms with van der Waals surface area (Å²) in [6.07, 6.45) is 0. The number of carbonyl (C=O) groups is 1. The fraction of sp³-hybridized carbons (Fsp3) is 0.125. The number of benzene rings is 3. The Morgan fingerprint density at radius 2 is 1.65 bits per heavy atom. The second-order valence-electron chi connectivity index (χ2n) is 7.77. The van der Waals surface area contributed by atoms with Gasteiger partial charge in [0.05, 0.1) is 21.5 Å². The zero-order chi connectivity index (χ0) is 24.6. The molecule has 1 aromatic heterocycles. The molecule has 1 N–H and O–H groups in total. The maximum absolute atomic E-state index is 13.2. The summed E-state index contributed by atoms with van der Waals surface area (Å²) < 4.78 is 27.0. The number of fused-ring (bicyclic) bond motifs is 1. The highest BCUT2D eigenvalue weighted by molar-refractivity contribution is 7.89. The van der Waals surface area contributed by atoms with E-state index in [0.29, 0.717) is 33.1 Å². The molecule has 0 spiro atoms. The van der Waals surface area contributed by atoms with Crippen molar-refractivity contribution < 1.29 is 13.2 Å². The van der Waals surface area contributed by atoms with Gasteiger partial charge >= 0.3 is 0 Å². The fourth-order valence-electron chi connectivity index (χ4n) is 3.46. The molecule has 0 aliphatic heterocycles. The number of amides is 1. The monoisotopic (exact) mass is 496 g/mol. The second-order valence-corrected chi connectivity index (χ2v) is 10.4. The number of carbonyl (C=O) groups excluding carboxylic acids is 1.